The number of rotatable bonds is 3. The van der Waals surface area contributed by atoms with Crippen molar-refractivity contribution in [3.05, 3.63) is 0 Å². The van der Waals surface area contributed by atoms with Crippen LogP contribution in [0.15, 0.2) is 0 Å². The number of nitrogens with two attached hydrogens (primary N) is 1. The summed E-state index contributed by atoms with van der Waals surface area (Å²) in [6.07, 6.45) is 0. The van der Waals surface area contributed by atoms with Gasteiger partial charge in [0.2, 0.25) is 5.91 Å². The number of nitrogens with zero attached hydrogens (tertiary/aromatic N) is 1. The van der Waals surface area contributed by atoms with Crippen LogP contribution in [0.25, 0.3) is 0 Å². The molecule has 0 aliphatic carbocycles. The summed E-state index contributed by atoms with van der Waals surface area (Å²) < 4.78 is 0. The van der Waals surface area contributed by atoms with E-state index < -0.39 is 0 Å². The predicted molar refractivity (Wildman–Crippen MR) is 50.8 cm³/mol. The van der Waals surface area contributed by atoms with Crippen molar-refractivity contribution in [2.75, 3.05) is 6.54 Å². The minimum atomic E-state index is -0.258. The molecule has 1 unspecified atom stereocenters. The van der Waals surface area contributed by atoms with Crippen LogP contribution in [0.4, 0.5) is 0 Å². The number of hydrogen-bond acceptors (Lipinski definition) is 2. The molecule has 12 heavy (non-hydrogen) atoms. The second-order valence-electron chi connectivity index (χ2n) is 4.04. The second kappa shape index (κ2) is 3.90. The van der Waals surface area contributed by atoms with Crippen LogP contribution in [-0.2, 0) is 4.79 Å². The zero-order chi connectivity index (χ0) is 9.94. The SMILES string of the molecule is CCN(C(C)C(N)=O)C(C)(C)C. The third-order valence-corrected chi connectivity index (χ3v) is 2.08. The highest BCUT2D eigenvalue weighted by Gasteiger charge is 2.27. The van der Waals surface area contributed by atoms with Gasteiger partial charge in [0, 0.05) is 5.54 Å². The van der Waals surface area contributed by atoms with E-state index in [1.807, 2.05) is 13.8 Å². The van der Waals surface area contributed by atoms with Gasteiger partial charge in [-0.05, 0) is 34.2 Å². The third kappa shape index (κ3) is 2.81. The molecule has 3 heteroatoms. The fraction of sp³-hybridized carbons (Fsp3) is 0.889. The Hall–Kier alpha value is -0.570. The summed E-state index contributed by atoms with van der Waals surface area (Å²) in [7, 11) is 0. The molecule has 0 rings (SSSR count). The molecule has 1 atom stereocenters. The summed E-state index contributed by atoms with van der Waals surface area (Å²) in [6.45, 7) is 11.0. The van der Waals surface area contributed by atoms with E-state index in [1.165, 1.54) is 0 Å². The fourth-order valence-electron chi connectivity index (χ4n) is 1.48. The third-order valence-electron chi connectivity index (χ3n) is 2.08. The molecular formula is C9H20N2O. The number of amides is 1. The molecule has 0 aromatic heterocycles. The standard InChI is InChI=1S/C9H20N2O/c1-6-11(9(3,4)5)7(2)8(10)12/h7H,6H2,1-5H3,(H2,10,12). The van der Waals surface area contributed by atoms with Crippen molar-refractivity contribution in [2.45, 2.75) is 46.2 Å². The van der Waals surface area contributed by atoms with E-state index >= 15 is 0 Å². The van der Waals surface area contributed by atoms with Gasteiger partial charge in [-0.1, -0.05) is 6.92 Å². The molecule has 0 radical (unpaired) electrons. The van der Waals surface area contributed by atoms with Gasteiger partial charge >= 0.3 is 0 Å². The van der Waals surface area contributed by atoms with Crippen molar-refractivity contribution in [3.63, 3.8) is 0 Å². The zero-order valence-corrected chi connectivity index (χ0v) is 8.72. The molecule has 0 aliphatic rings. The van der Waals surface area contributed by atoms with Crippen molar-refractivity contribution in [3.8, 4) is 0 Å². The Labute approximate surface area is 74.9 Å². The smallest absolute Gasteiger partial charge is 0.234 e. The van der Waals surface area contributed by atoms with Crippen LogP contribution in [-0.4, -0.2) is 28.9 Å². The maximum absolute atomic E-state index is 10.9. The largest absolute Gasteiger partial charge is 0.368 e. The Bertz CT molecular complexity index is 160. The van der Waals surface area contributed by atoms with E-state index in [1.54, 1.807) is 0 Å². The highest BCUT2D eigenvalue weighted by molar-refractivity contribution is 5.79. The molecule has 0 spiro atoms. The Morgan fingerprint density at radius 1 is 1.50 bits per heavy atom. The normalized spacial score (nSPS) is 14.8. The van der Waals surface area contributed by atoms with Gasteiger partial charge in [-0.25, -0.2) is 0 Å². The minimum Gasteiger partial charge on any atom is -0.368 e. The maximum Gasteiger partial charge on any atom is 0.234 e. The summed E-state index contributed by atoms with van der Waals surface area (Å²) in [5.74, 6) is -0.258. The molecule has 0 aromatic rings. The fourth-order valence-corrected chi connectivity index (χ4v) is 1.48. The average molecular weight is 172 g/mol. The first kappa shape index (κ1) is 11.4. The van der Waals surface area contributed by atoms with E-state index in [9.17, 15) is 4.79 Å². The Balaban J connectivity index is 4.45. The van der Waals surface area contributed by atoms with Gasteiger partial charge in [0.25, 0.3) is 0 Å². The molecule has 0 heterocycles. The summed E-state index contributed by atoms with van der Waals surface area (Å²) in [6, 6.07) is -0.185. The van der Waals surface area contributed by atoms with Crippen molar-refractivity contribution in [1.29, 1.82) is 0 Å². The van der Waals surface area contributed by atoms with Crippen LogP contribution in [0.1, 0.15) is 34.6 Å². The van der Waals surface area contributed by atoms with Crippen LogP contribution in [0.2, 0.25) is 0 Å². The average Bonchev–Trinajstić information content (AvgIpc) is 1.85. The molecule has 3 nitrogen and oxygen atoms in total. The molecule has 1 amide bonds. The first-order valence-electron chi connectivity index (χ1n) is 4.36. The predicted octanol–water partition coefficient (Wildman–Crippen LogP) is 0.981. The van der Waals surface area contributed by atoms with E-state index in [0.29, 0.717) is 0 Å². The molecule has 0 saturated heterocycles. The number of carbonyl (C=O) groups excluding carboxylic acids is 1. The van der Waals surface area contributed by atoms with E-state index in [4.69, 9.17) is 5.73 Å². The van der Waals surface area contributed by atoms with Crippen LogP contribution in [0, 0.1) is 0 Å². The monoisotopic (exact) mass is 172 g/mol. The van der Waals surface area contributed by atoms with Gasteiger partial charge in [-0.15, -0.1) is 0 Å². The van der Waals surface area contributed by atoms with E-state index in [-0.39, 0.29) is 17.5 Å². The first-order chi connectivity index (χ1) is 5.30. The molecule has 0 bridgehead atoms. The lowest BCUT2D eigenvalue weighted by molar-refractivity contribution is -0.124. The molecule has 2 N–H and O–H groups in total. The van der Waals surface area contributed by atoms with Crippen LogP contribution in [0.5, 0.6) is 0 Å². The van der Waals surface area contributed by atoms with Gasteiger partial charge in [0.1, 0.15) is 0 Å². The van der Waals surface area contributed by atoms with Gasteiger partial charge < -0.3 is 5.73 Å². The van der Waals surface area contributed by atoms with Crippen LogP contribution in [0.3, 0.4) is 0 Å². The minimum absolute atomic E-state index is 0.00317. The zero-order valence-electron chi connectivity index (χ0n) is 8.72. The topological polar surface area (TPSA) is 46.3 Å². The molecule has 0 saturated carbocycles. The van der Waals surface area contributed by atoms with Gasteiger partial charge in [-0.2, -0.15) is 0 Å². The van der Waals surface area contributed by atoms with Gasteiger partial charge in [0.05, 0.1) is 6.04 Å². The maximum atomic E-state index is 10.9. The van der Waals surface area contributed by atoms with Gasteiger partial charge in [-0.3, -0.25) is 9.69 Å². The lowest BCUT2D eigenvalue weighted by atomic mass is 10.0. The molecular weight excluding hydrogens is 152 g/mol. The summed E-state index contributed by atoms with van der Waals surface area (Å²) in [4.78, 5) is 13.0. The number of carbonyl (C=O) groups is 1. The highest BCUT2D eigenvalue weighted by atomic mass is 16.1. The summed E-state index contributed by atoms with van der Waals surface area (Å²) in [5, 5.41) is 0. The number of likely N-dealkylation sites (N-methyl/N-ethyl adjacent to an activating group) is 1. The lowest BCUT2D eigenvalue weighted by Gasteiger charge is -2.37. The van der Waals surface area contributed by atoms with Crippen molar-refractivity contribution in [1.82, 2.24) is 4.90 Å². The quantitative estimate of drug-likeness (QED) is 0.689. The summed E-state index contributed by atoms with van der Waals surface area (Å²) in [5.41, 5.74) is 5.23. The Kier molecular flexibility index (Phi) is 3.71. The summed E-state index contributed by atoms with van der Waals surface area (Å²) >= 11 is 0. The molecule has 0 aromatic carbocycles. The molecule has 0 aliphatic heterocycles. The van der Waals surface area contributed by atoms with Crippen LogP contribution >= 0.6 is 0 Å². The Morgan fingerprint density at radius 3 is 2.00 bits per heavy atom. The molecule has 0 fully saturated rings. The number of hydrogen-bond donors (Lipinski definition) is 1. The van der Waals surface area contributed by atoms with Gasteiger partial charge in [0.15, 0.2) is 0 Å². The van der Waals surface area contributed by atoms with E-state index in [0.717, 1.165) is 6.54 Å². The van der Waals surface area contributed by atoms with Crippen LogP contribution < -0.4 is 5.73 Å². The first-order valence-corrected chi connectivity index (χ1v) is 4.36. The Morgan fingerprint density at radius 2 is 1.92 bits per heavy atom. The van der Waals surface area contributed by atoms with Crippen molar-refractivity contribution < 1.29 is 4.79 Å². The highest BCUT2D eigenvalue weighted by Crippen LogP contribution is 2.15. The van der Waals surface area contributed by atoms with Crippen molar-refractivity contribution in [2.24, 2.45) is 5.73 Å². The lowest BCUT2D eigenvalue weighted by Crippen LogP contribution is -2.51. The second-order valence-corrected chi connectivity index (χ2v) is 4.04. The molecule has 72 valence electrons. The van der Waals surface area contributed by atoms with Crippen molar-refractivity contribution >= 4 is 5.91 Å². The van der Waals surface area contributed by atoms with E-state index in [2.05, 4.69) is 25.7 Å². The number of primary amides is 1.